The summed E-state index contributed by atoms with van der Waals surface area (Å²) >= 11 is 0. The molecule has 0 saturated carbocycles. The number of rotatable bonds is 5. The number of hydrogen-bond acceptors (Lipinski definition) is 2. The highest BCUT2D eigenvalue weighted by Crippen LogP contribution is 2.28. The Balaban J connectivity index is 2.07. The van der Waals surface area contributed by atoms with Crippen molar-refractivity contribution in [3.05, 3.63) is 84.4 Å². The van der Waals surface area contributed by atoms with Crippen molar-refractivity contribution in [3.8, 4) is 22.3 Å². The monoisotopic (exact) mass is 317 g/mol. The van der Waals surface area contributed by atoms with Crippen LogP contribution in [-0.4, -0.2) is 17.1 Å². The van der Waals surface area contributed by atoms with Gasteiger partial charge < -0.3 is 10.8 Å². The Morgan fingerprint density at radius 3 is 1.67 bits per heavy atom. The van der Waals surface area contributed by atoms with Crippen molar-refractivity contribution in [2.75, 3.05) is 0 Å². The lowest BCUT2D eigenvalue weighted by molar-refractivity contribution is -0.138. The lowest BCUT2D eigenvalue weighted by Gasteiger charge is -2.12. The molecular formula is C21H19NO2. The van der Waals surface area contributed by atoms with Gasteiger partial charge >= 0.3 is 5.97 Å². The van der Waals surface area contributed by atoms with Gasteiger partial charge in [0.15, 0.2) is 0 Å². The Kier molecular flexibility index (Phi) is 4.73. The van der Waals surface area contributed by atoms with Gasteiger partial charge in [0.05, 0.1) is 0 Å². The fourth-order valence-corrected chi connectivity index (χ4v) is 2.75. The third-order valence-corrected chi connectivity index (χ3v) is 3.98. The van der Waals surface area contributed by atoms with E-state index in [-0.39, 0.29) is 0 Å². The van der Waals surface area contributed by atoms with E-state index >= 15 is 0 Å². The zero-order chi connectivity index (χ0) is 16.9. The van der Waals surface area contributed by atoms with Crippen molar-refractivity contribution in [2.24, 2.45) is 5.73 Å². The minimum Gasteiger partial charge on any atom is -0.480 e. The number of nitrogens with two attached hydrogens (primary N) is 1. The Bertz CT molecular complexity index is 771. The zero-order valence-electron chi connectivity index (χ0n) is 13.2. The molecule has 0 aromatic heterocycles. The topological polar surface area (TPSA) is 63.3 Å². The molecule has 3 aromatic rings. The highest BCUT2D eigenvalue weighted by atomic mass is 16.4. The van der Waals surface area contributed by atoms with Gasteiger partial charge in [-0.15, -0.1) is 0 Å². The molecule has 3 heteroatoms. The van der Waals surface area contributed by atoms with Crippen LogP contribution in [0.2, 0.25) is 0 Å². The van der Waals surface area contributed by atoms with Crippen molar-refractivity contribution in [1.29, 1.82) is 0 Å². The summed E-state index contributed by atoms with van der Waals surface area (Å²) in [6.45, 7) is 0. The molecule has 120 valence electrons. The van der Waals surface area contributed by atoms with Gasteiger partial charge in [0.1, 0.15) is 6.04 Å². The van der Waals surface area contributed by atoms with Crippen molar-refractivity contribution >= 4 is 5.97 Å². The third-order valence-electron chi connectivity index (χ3n) is 3.98. The second-order valence-electron chi connectivity index (χ2n) is 5.80. The van der Waals surface area contributed by atoms with E-state index in [1.807, 2.05) is 72.8 Å². The van der Waals surface area contributed by atoms with Crippen LogP contribution in [-0.2, 0) is 11.2 Å². The number of carboxylic acid groups (broad SMARTS) is 1. The van der Waals surface area contributed by atoms with Gasteiger partial charge in [-0.1, -0.05) is 72.8 Å². The van der Waals surface area contributed by atoms with Crippen molar-refractivity contribution in [1.82, 2.24) is 0 Å². The average Bonchev–Trinajstić information content (AvgIpc) is 2.63. The van der Waals surface area contributed by atoms with Crippen molar-refractivity contribution in [2.45, 2.75) is 12.5 Å². The Morgan fingerprint density at radius 1 is 0.792 bits per heavy atom. The van der Waals surface area contributed by atoms with Crippen LogP contribution in [0.1, 0.15) is 5.56 Å². The molecule has 0 heterocycles. The van der Waals surface area contributed by atoms with Crippen LogP contribution in [0.15, 0.2) is 78.9 Å². The summed E-state index contributed by atoms with van der Waals surface area (Å²) in [7, 11) is 0. The molecule has 0 radical (unpaired) electrons. The van der Waals surface area contributed by atoms with E-state index in [1.165, 1.54) is 0 Å². The lowest BCUT2D eigenvalue weighted by atomic mass is 9.94. The van der Waals surface area contributed by atoms with Crippen LogP contribution in [0.4, 0.5) is 0 Å². The maximum absolute atomic E-state index is 11.1. The molecule has 0 bridgehead atoms. The fourth-order valence-electron chi connectivity index (χ4n) is 2.75. The van der Waals surface area contributed by atoms with Crippen LogP contribution in [0, 0.1) is 0 Å². The van der Waals surface area contributed by atoms with Crippen LogP contribution in [0.3, 0.4) is 0 Å². The van der Waals surface area contributed by atoms with Gasteiger partial charge in [-0.25, -0.2) is 0 Å². The summed E-state index contributed by atoms with van der Waals surface area (Å²) < 4.78 is 0. The summed E-state index contributed by atoms with van der Waals surface area (Å²) in [5, 5.41) is 9.09. The summed E-state index contributed by atoms with van der Waals surface area (Å²) in [5.74, 6) is -0.985. The summed E-state index contributed by atoms with van der Waals surface area (Å²) in [4.78, 5) is 11.1. The SMILES string of the molecule is NC(Cc1cc(-c2ccccc2)cc(-c2ccccc2)c1)C(=O)O. The van der Waals surface area contributed by atoms with E-state index in [1.54, 1.807) is 0 Å². The highest BCUT2D eigenvalue weighted by molar-refractivity contribution is 5.76. The molecule has 3 rings (SSSR count). The van der Waals surface area contributed by atoms with E-state index in [4.69, 9.17) is 10.8 Å². The highest BCUT2D eigenvalue weighted by Gasteiger charge is 2.14. The number of aliphatic carboxylic acids is 1. The van der Waals surface area contributed by atoms with Gasteiger partial charge in [-0.05, 0) is 40.3 Å². The first-order chi connectivity index (χ1) is 11.6. The van der Waals surface area contributed by atoms with Crippen LogP contribution in [0.25, 0.3) is 22.3 Å². The summed E-state index contributed by atoms with van der Waals surface area (Å²) in [6, 6.07) is 25.4. The normalized spacial score (nSPS) is 11.9. The van der Waals surface area contributed by atoms with Crippen molar-refractivity contribution in [3.63, 3.8) is 0 Å². The quantitative estimate of drug-likeness (QED) is 0.748. The molecule has 0 fully saturated rings. The molecule has 3 aromatic carbocycles. The number of carbonyl (C=O) groups is 1. The molecule has 1 unspecified atom stereocenters. The number of carboxylic acids is 1. The molecule has 3 nitrogen and oxygen atoms in total. The van der Waals surface area contributed by atoms with E-state index in [2.05, 4.69) is 6.07 Å². The third kappa shape index (κ3) is 3.70. The van der Waals surface area contributed by atoms with E-state index in [0.29, 0.717) is 6.42 Å². The summed E-state index contributed by atoms with van der Waals surface area (Å²) in [6.07, 6.45) is 0.301. The molecule has 3 N–H and O–H groups in total. The predicted octanol–water partition coefficient (Wildman–Crippen LogP) is 3.98. The average molecular weight is 317 g/mol. The minimum atomic E-state index is -0.985. The van der Waals surface area contributed by atoms with Gasteiger partial charge in [0.2, 0.25) is 0 Å². The summed E-state index contributed by atoms with van der Waals surface area (Å²) in [5.41, 5.74) is 11.0. The number of benzene rings is 3. The Morgan fingerprint density at radius 2 is 1.25 bits per heavy atom. The second-order valence-corrected chi connectivity index (χ2v) is 5.80. The Hall–Kier alpha value is -2.91. The molecule has 0 aliphatic rings. The van der Waals surface area contributed by atoms with Gasteiger partial charge in [0, 0.05) is 0 Å². The zero-order valence-corrected chi connectivity index (χ0v) is 13.2. The van der Waals surface area contributed by atoms with E-state index in [0.717, 1.165) is 27.8 Å². The first-order valence-corrected chi connectivity index (χ1v) is 7.86. The molecule has 0 aliphatic carbocycles. The van der Waals surface area contributed by atoms with Gasteiger partial charge in [-0.2, -0.15) is 0 Å². The molecule has 0 aliphatic heterocycles. The fraction of sp³-hybridized carbons (Fsp3) is 0.0952. The van der Waals surface area contributed by atoms with Crippen molar-refractivity contribution < 1.29 is 9.90 Å². The first-order valence-electron chi connectivity index (χ1n) is 7.86. The second kappa shape index (κ2) is 7.11. The minimum absolute atomic E-state index is 0.301. The molecule has 0 saturated heterocycles. The molecule has 1 atom stereocenters. The molecule has 24 heavy (non-hydrogen) atoms. The predicted molar refractivity (Wildman–Crippen MR) is 96.6 cm³/mol. The van der Waals surface area contributed by atoms with Gasteiger partial charge in [-0.3, -0.25) is 4.79 Å². The smallest absolute Gasteiger partial charge is 0.320 e. The maximum Gasteiger partial charge on any atom is 0.320 e. The van der Waals surface area contributed by atoms with Crippen LogP contribution >= 0.6 is 0 Å². The lowest BCUT2D eigenvalue weighted by Crippen LogP contribution is -2.32. The maximum atomic E-state index is 11.1. The van der Waals surface area contributed by atoms with E-state index in [9.17, 15) is 4.79 Å². The molecule has 0 spiro atoms. The van der Waals surface area contributed by atoms with Crippen LogP contribution < -0.4 is 5.73 Å². The first kappa shape index (κ1) is 16.0. The largest absolute Gasteiger partial charge is 0.480 e. The van der Waals surface area contributed by atoms with E-state index < -0.39 is 12.0 Å². The molecule has 0 amide bonds. The molecular weight excluding hydrogens is 298 g/mol. The number of hydrogen-bond donors (Lipinski definition) is 2. The standard InChI is InChI=1S/C21H19NO2/c22-20(21(23)24)13-15-11-18(16-7-3-1-4-8-16)14-19(12-15)17-9-5-2-6-10-17/h1-12,14,20H,13,22H2,(H,23,24). The van der Waals surface area contributed by atoms with Crippen LogP contribution in [0.5, 0.6) is 0 Å². The van der Waals surface area contributed by atoms with Gasteiger partial charge in [0.25, 0.3) is 0 Å². The Labute approximate surface area is 141 Å².